The summed E-state index contributed by atoms with van der Waals surface area (Å²) in [6, 6.07) is 2.02. The molecular weight excluding hydrogens is 202 g/mol. The third-order valence-corrected chi connectivity index (χ3v) is 1.95. The first-order valence-electron chi connectivity index (χ1n) is 5.79. The number of nitrogens with zero attached hydrogens (tertiary/aromatic N) is 2. The van der Waals surface area contributed by atoms with Gasteiger partial charge in [-0.2, -0.15) is 5.10 Å². The second kappa shape index (κ2) is 9.09. The minimum atomic E-state index is 0.480. The van der Waals surface area contributed by atoms with Crippen LogP contribution >= 0.6 is 0 Å². The predicted octanol–water partition coefficient (Wildman–Crippen LogP) is 2.68. The van der Waals surface area contributed by atoms with E-state index in [1.807, 2.05) is 19.9 Å². The first kappa shape index (κ1) is 14.8. The van der Waals surface area contributed by atoms with Gasteiger partial charge in [-0.3, -0.25) is 0 Å². The molecule has 0 aliphatic rings. The lowest BCUT2D eigenvalue weighted by molar-refractivity contribution is 0.210. The van der Waals surface area contributed by atoms with E-state index in [0.717, 1.165) is 12.4 Å². The fourth-order valence-electron chi connectivity index (χ4n) is 1.07. The maximum Gasteiger partial charge on any atom is 0.149 e. The molecule has 1 aromatic rings. The molecule has 0 aromatic carbocycles. The van der Waals surface area contributed by atoms with E-state index < -0.39 is 0 Å². The zero-order chi connectivity index (χ0) is 12.4. The van der Waals surface area contributed by atoms with Crippen LogP contribution in [0.2, 0.25) is 0 Å². The second-order valence-electron chi connectivity index (χ2n) is 3.45. The van der Waals surface area contributed by atoms with Crippen molar-refractivity contribution in [2.24, 2.45) is 0 Å². The van der Waals surface area contributed by atoms with Crippen molar-refractivity contribution in [3.05, 3.63) is 17.8 Å². The molecule has 92 valence electrons. The highest BCUT2D eigenvalue weighted by atomic mass is 16.5. The Morgan fingerprint density at radius 3 is 2.62 bits per heavy atom. The number of anilines is 1. The number of ether oxygens (including phenoxy) is 1. The molecule has 0 radical (unpaired) electrons. The number of rotatable bonds is 5. The quantitative estimate of drug-likeness (QED) is 0.783. The van der Waals surface area contributed by atoms with Gasteiger partial charge in [-0.05, 0) is 17.5 Å². The molecule has 0 amide bonds. The fraction of sp³-hybridized carbons (Fsp3) is 0.667. The average Bonchev–Trinajstić information content (AvgIpc) is 2.32. The molecule has 0 atom stereocenters. The van der Waals surface area contributed by atoms with Crippen molar-refractivity contribution < 1.29 is 4.74 Å². The lowest BCUT2D eigenvalue weighted by Gasteiger charge is -2.07. The van der Waals surface area contributed by atoms with Crippen LogP contribution in [-0.2, 0) is 4.74 Å². The Labute approximate surface area is 98.4 Å². The summed E-state index contributed by atoms with van der Waals surface area (Å²) in [6.45, 7) is 9.70. The smallest absolute Gasteiger partial charge is 0.149 e. The highest BCUT2D eigenvalue weighted by Gasteiger charge is 2.01. The van der Waals surface area contributed by atoms with Gasteiger partial charge >= 0.3 is 0 Å². The van der Waals surface area contributed by atoms with Crippen molar-refractivity contribution in [2.75, 3.05) is 25.6 Å². The summed E-state index contributed by atoms with van der Waals surface area (Å²) >= 11 is 0. The summed E-state index contributed by atoms with van der Waals surface area (Å²) in [5.41, 5.74) is 1.19. The van der Waals surface area contributed by atoms with E-state index >= 15 is 0 Å². The molecule has 16 heavy (non-hydrogen) atoms. The molecule has 0 fully saturated rings. The standard InChI is InChI=1S/C10H17N3O.C2H6/c1-8(2)9-6-10(13-12-7-9)11-4-5-14-3;1-2/h6-8H,4-5H2,1-3H3,(H,11,13);1-2H3. The van der Waals surface area contributed by atoms with Crippen molar-refractivity contribution in [2.45, 2.75) is 33.6 Å². The SMILES string of the molecule is CC.COCCNc1cc(C(C)C)cnn1. The topological polar surface area (TPSA) is 47.0 Å². The van der Waals surface area contributed by atoms with Crippen LogP contribution in [0.1, 0.15) is 39.2 Å². The van der Waals surface area contributed by atoms with Gasteiger partial charge in [0.25, 0.3) is 0 Å². The fourth-order valence-corrected chi connectivity index (χ4v) is 1.07. The summed E-state index contributed by atoms with van der Waals surface area (Å²) in [6.07, 6.45) is 1.80. The average molecular weight is 225 g/mol. The van der Waals surface area contributed by atoms with E-state index in [4.69, 9.17) is 4.74 Å². The monoisotopic (exact) mass is 225 g/mol. The summed E-state index contributed by atoms with van der Waals surface area (Å²) in [4.78, 5) is 0. The Balaban J connectivity index is 0.00000106. The van der Waals surface area contributed by atoms with Gasteiger partial charge < -0.3 is 10.1 Å². The van der Waals surface area contributed by atoms with Crippen molar-refractivity contribution in [3.63, 3.8) is 0 Å². The van der Waals surface area contributed by atoms with Gasteiger partial charge in [0.2, 0.25) is 0 Å². The van der Waals surface area contributed by atoms with E-state index in [1.165, 1.54) is 5.56 Å². The normalized spacial score (nSPS) is 9.62. The number of aromatic nitrogens is 2. The molecule has 0 bridgehead atoms. The van der Waals surface area contributed by atoms with Crippen LogP contribution in [-0.4, -0.2) is 30.5 Å². The molecule has 0 saturated carbocycles. The first-order valence-corrected chi connectivity index (χ1v) is 5.79. The lowest BCUT2D eigenvalue weighted by atomic mass is 10.1. The van der Waals surface area contributed by atoms with Gasteiger partial charge in [-0.15, -0.1) is 5.10 Å². The van der Waals surface area contributed by atoms with Gasteiger partial charge in [-0.25, -0.2) is 0 Å². The molecule has 0 saturated heterocycles. The molecule has 0 aliphatic carbocycles. The maximum atomic E-state index is 4.93. The third-order valence-electron chi connectivity index (χ3n) is 1.95. The third kappa shape index (κ3) is 5.66. The Morgan fingerprint density at radius 2 is 2.06 bits per heavy atom. The van der Waals surface area contributed by atoms with Gasteiger partial charge in [0.1, 0.15) is 5.82 Å². The largest absolute Gasteiger partial charge is 0.383 e. The van der Waals surface area contributed by atoms with E-state index in [1.54, 1.807) is 13.3 Å². The molecule has 1 aromatic heterocycles. The Bertz CT molecular complexity index is 277. The summed E-state index contributed by atoms with van der Waals surface area (Å²) in [7, 11) is 1.68. The van der Waals surface area contributed by atoms with Crippen LogP contribution in [0, 0.1) is 0 Å². The molecule has 4 heteroatoms. The zero-order valence-electron chi connectivity index (χ0n) is 10.9. The van der Waals surface area contributed by atoms with E-state index in [9.17, 15) is 0 Å². The van der Waals surface area contributed by atoms with E-state index in [0.29, 0.717) is 12.5 Å². The summed E-state index contributed by atoms with van der Waals surface area (Å²) in [5, 5.41) is 11.1. The molecule has 0 aliphatic heterocycles. The van der Waals surface area contributed by atoms with E-state index in [2.05, 4.69) is 29.4 Å². The van der Waals surface area contributed by atoms with Crippen LogP contribution in [0.5, 0.6) is 0 Å². The van der Waals surface area contributed by atoms with Crippen molar-refractivity contribution >= 4 is 5.82 Å². The molecule has 4 nitrogen and oxygen atoms in total. The zero-order valence-corrected chi connectivity index (χ0v) is 10.9. The second-order valence-corrected chi connectivity index (χ2v) is 3.45. The van der Waals surface area contributed by atoms with E-state index in [-0.39, 0.29) is 0 Å². The minimum Gasteiger partial charge on any atom is -0.383 e. The van der Waals surface area contributed by atoms with Gasteiger partial charge in [-0.1, -0.05) is 27.7 Å². The lowest BCUT2D eigenvalue weighted by Crippen LogP contribution is -2.09. The van der Waals surface area contributed by atoms with Gasteiger partial charge in [0.15, 0.2) is 0 Å². The van der Waals surface area contributed by atoms with Crippen LogP contribution in [0.15, 0.2) is 12.3 Å². The molecule has 1 rings (SSSR count). The Hall–Kier alpha value is -1.16. The van der Waals surface area contributed by atoms with Crippen LogP contribution in [0.25, 0.3) is 0 Å². The van der Waals surface area contributed by atoms with Crippen molar-refractivity contribution in [1.82, 2.24) is 10.2 Å². The molecular formula is C12H23N3O. The highest BCUT2D eigenvalue weighted by molar-refractivity contribution is 5.36. The van der Waals surface area contributed by atoms with Crippen molar-refractivity contribution in [3.8, 4) is 0 Å². The highest BCUT2D eigenvalue weighted by Crippen LogP contribution is 2.14. The Kier molecular flexibility index (Phi) is 8.43. The molecule has 1 heterocycles. The number of hydrogen-bond acceptors (Lipinski definition) is 4. The molecule has 0 spiro atoms. The van der Waals surface area contributed by atoms with Gasteiger partial charge in [0, 0.05) is 13.7 Å². The minimum absolute atomic E-state index is 0.480. The van der Waals surface area contributed by atoms with Crippen LogP contribution in [0.3, 0.4) is 0 Å². The first-order chi connectivity index (χ1) is 7.74. The Morgan fingerprint density at radius 1 is 1.38 bits per heavy atom. The van der Waals surface area contributed by atoms with Crippen LogP contribution in [0.4, 0.5) is 5.82 Å². The molecule has 1 N–H and O–H groups in total. The predicted molar refractivity (Wildman–Crippen MR) is 67.8 cm³/mol. The summed E-state index contributed by atoms with van der Waals surface area (Å²) < 4.78 is 4.93. The summed E-state index contributed by atoms with van der Waals surface area (Å²) in [5.74, 6) is 1.29. The van der Waals surface area contributed by atoms with Gasteiger partial charge in [0.05, 0.1) is 12.8 Å². The maximum absolute atomic E-state index is 4.93. The number of hydrogen-bond donors (Lipinski definition) is 1. The van der Waals surface area contributed by atoms with Crippen LogP contribution < -0.4 is 5.32 Å². The van der Waals surface area contributed by atoms with Crippen molar-refractivity contribution in [1.29, 1.82) is 0 Å². The molecule has 0 unspecified atom stereocenters. The number of methoxy groups -OCH3 is 1. The number of nitrogens with one attached hydrogen (secondary N) is 1.